The van der Waals surface area contributed by atoms with E-state index in [1.165, 1.54) is 12.1 Å². The third-order valence-electron chi connectivity index (χ3n) is 2.00. The normalized spacial score (nSPS) is 10.2. The second kappa shape index (κ2) is 4.04. The van der Waals surface area contributed by atoms with Crippen molar-refractivity contribution >= 4 is 11.4 Å². The molecule has 1 aromatic heterocycles. The largest absolute Gasteiger partial charge is 0.472 e. The van der Waals surface area contributed by atoms with Crippen LogP contribution in [0.4, 0.5) is 15.8 Å². The highest BCUT2D eigenvalue weighted by Crippen LogP contribution is 2.16. The van der Waals surface area contributed by atoms with Gasteiger partial charge in [-0.3, -0.25) is 0 Å². The average Bonchev–Trinajstić information content (AvgIpc) is 2.65. The van der Waals surface area contributed by atoms with Crippen LogP contribution in [0.15, 0.2) is 41.2 Å². The van der Waals surface area contributed by atoms with E-state index in [0.717, 1.165) is 5.56 Å². The van der Waals surface area contributed by atoms with Gasteiger partial charge in [0.25, 0.3) is 0 Å². The summed E-state index contributed by atoms with van der Waals surface area (Å²) in [5, 5.41) is 3.05. The lowest BCUT2D eigenvalue weighted by Crippen LogP contribution is -1.99. The van der Waals surface area contributed by atoms with Crippen LogP contribution in [0.3, 0.4) is 0 Å². The summed E-state index contributed by atoms with van der Waals surface area (Å²) in [6.07, 6.45) is 3.23. The number of nitrogen functional groups attached to an aromatic ring is 1. The van der Waals surface area contributed by atoms with Gasteiger partial charge in [0.05, 0.1) is 12.5 Å². The van der Waals surface area contributed by atoms with Crippen molar-refractivity contribution in [2.75, 3.05) is 11.1 Å². The summed E-state index contributed by atoms with van der Waals surface area (Å²) in [6.45, 7) is 0.583. The van der Waals surface area contributed by atoms with Crippen LogP contribution in [0.2, 0.25) is 0 Å². The number of anilines is 2. The minimum atomic E-state index is -0.343. The molecule has 0 radical (unpaired) electrons. The molecule has 0 amide bonds. The molecule has 2 aromatic rings. The molecule has 0 aliphatic heterocycles. The maximum Gasteiger partial charge on any atom is 0.127 e. The Morgan fingerprint density at radius 3 is 2.87 bits per heavy atom. The van der Waals surface area contributed by atoms with E-state index in [-0.39, 0.29) is 5.82 Å². The Morgan fingerprint density at radius 1 is 1.33 bits per heavy atom. The molecule has 0 aliphatic carbocycles. The fourth-order valence-corrected chi connectivity index (χ4v) is 1.31. The van der Waals surface area contributed by atoms with Crippen LogP contribution < -0.4 is 11.1 Å². The molecule has 0 unspecified atom stereocenters. The predicted octanol–water partition coefficient (Wildman–Crippen LogP) is 2.61. The zero-order chi connectivity index (χ0) is 10.7. The third kappa shape index (κ3) is 2.49. The number of nitrogens with two attached hydrogens (primary N) is 1. The van der Waals surface area contributed by atoms with Crippen molar-refractivity contribution < 1.29 is 8.81 Å². The topological polar surface area (TPSA) is 51.2 Å². The molecule has 0 saturated heterocycles. The maximum atomic E-state index is 13.0. The fourth-order valence-electron chi connectivity index (χ4n) is 1.31. The van der Waals surface area contributed by atoms with Crippen molar-refractivity contribution in [2.45, 2.75) is 6.54 Å². The first-order valence-corrected chi connectivity index (χ1v) is 4.55. The van der Waals surface area contributed by atoms with E-state index in [1.807, 2.05) is 6.07 Å². The Labute approximate surface area is 86.7 Å². The van der Waals surface area contributed by atoms with Gasteiger partial charge >= 0.3 is 0 Å². The van der Waals surface area contributed by atoms with Gasteiger partial charge in [-0.2, -0.15) is 0 Å². The molecule has 3 nitrogen and oxygen atoms in total. The lowest BCUT2D eigenvalue weighted by atomic mass is 10.2. The van der Waals surface area contributed by atoms with Crippen LogP contribution in [-0.2, 0) is 6.54 Å². The molecule has 0 aliphatic rings. The summed E-state index contributed by atoms with van der Waals surface area (Å²) in [5.41, 5.74) is 7.58. The molecule has 4 heteroatoms. The minimum absolute atomic E-state index is 0.343. The molecule has 0 atom stereocenters. The Balaban J connectivity index is 2.05. The van der Waals surface area contributed by atoms with E-state index in [2.05, 4.69) is 5.32 Å². The molecule has 0 bridgehead atoms. The smallest absolute Gasteiger partial charge is 0.127 e. The van der Waals surface area contributed by atoms with Gasteiger partial charge in [0.15, 0.2) is 0 Å². The minimum Gasteiger partial charge on any atom is -0.472 e. The Bertz CT molecular complexity index is 420. The van der Waals surface area contributed by atoms with Gasteiger partial charge in [-0.05, 0) is 24.3 Å². The Hall–Kier alpha value is -1.97. The van der Waals surface area contributed by atoms with Crippen molar-refractivity contribution in [1.82, 2.24) is 0 Å². The number of hydrogen-bond acceptors (Lipinski definition) is 3. The Morgan fingerprint density at radius 2 is 2.20 bits per heavy atom. The van der Waals surface area contributed by atoms with Crippen molar-refractivity contribution in [3.05, 3.63) is 48.2 Å². The molecule has 3 N–H and O–H groups in total. The van der Waals surface area contributed by atoms with Gasteiger partial charge in [0, 0.05) is 23.5 Å². The maximum absolute atomic E-state index is 13.0. The number of benzene rings is 1. The van der Waals surface area contributed by atoms with Crippen LogP contribution >= 0.6 is 0 Å². The molecule has 78 valence electrons. The average molecular weight is 206 g/mol. The zero-order valence-corrected chi connectivity index (χ0v) is 8.03. The Kier molecular flexibility index (Phi) is 2.58. The highest BCUT2D eigenvalue weighted by molar-refractivity contribution is 5.54. The van der Waals surface area contributed by atoms with E-state index in [1.54, 1.807) is 18.6 Å². The van der Waals surface area contributed by atoms with Crippen LogP contribution in [0.5, 0.6) is 0 Å². The first-order chi connectivity index (χ1) is 7.24. The van der Waals surface area contributed by atoms with E-state index in [9.17, 15) is 4.39 Å². The van der Waals surface area contributed by atoms with E-state index >= 15 is 0 Å². The van der Waals surface area contributed by atoms with Gasteiger partial charge < -0.3 is 15.5 Å². The van der Waals surface area contributed by atoms with E-state index in [0.29, 0.717) is 17.9 Å². The number of nitrogens with one attached hydrogen (secondary N) is 1. The molecule has 0 spiro atoms. The van der Waals surface area contributed by atoms with Gasteiger partial charge in [-0.15, -0.1) is 0 Å². The molecular formula is C11H11FN2O. The number of rotatable bonds is 3. The van der Waals surface area contributed by atoms with Crippen molar-refractivity contribution in [3.63, 3.8) is 0 Å². The summed E-state index contributed by atoms with van der Waals surface area (Å²) in [7, 11) is 0. The predicted molar refractivity (Wildman–Crippen MR) is 56.8 cm³/mol. The monoisotopic (exact) mass is 206 g/mol. The van der Waals surface area contributed by atoms with E-state index < -0.39 is 0 Å². The summed E-state index contributed by atoms with van der Waals surface area (Å²) >= 11 is 0. The second-order valence-corrected chi connectivity index (χ2v) is 3.26. The van der Waals surface area contributed by atoms with Crippen LogP contribution in [0, 0.1) is 5.82 Å². The van der Waals surface area contributed by atoms with Crippen LogP contribution in [0.1, 0.15) is 5.56 Å². The van der Waals surface area contributed by atoms with Crippen molar-refractivity contribution in [2.24, 2.45) is 0 Å². The molecule has 0 fully saturated rings. The van der Waals surface area contributed by atoms with Crippen molar-refractivity contribution in [1.29, 1.82) is 0 Å². The van der Waals surface area contributed by atoms with Gasteiger partial charge in [0.2, 0.25) is 0 Å². The molecule has 0 saturated carbocycles. The molecular weight excluding hydrogens is 195 g/mol. The highest BCUT2D eigenvalue weighted by atomic mass is 19.1. The lowest BCUT2D eigenvalue weighted by molar-refractivity contribution is 0.564. The molecule has 2 rings (SSSR count). The van der Waals surface area contributed by atoms with Crippen molar-refractivity contribution in [3.8, 4) is 0 Å². The van der Waals surface area contributed by atoms with Gasteiger partial charge in [-0.1, -0.05) is 0 Å². The lowest BCUT2D eigenvalue weighted by Gasteiger charge is -2.05. The summed E-state index contributed by atoms with van der Waals surface area (Å²) in [6, 6.07) is 6.21. The first kappa shape index (κ1) is 9.58. The van der Waals surface area contributed by atoms with E-state index in [4.69, 9.17) is 10.2 Å². The fraction of sp³-hybridized carbons (Fsp3) is 0.0909. The van der Waals surface area contributed by atoms with Gasteiger partial charge in [0.1, 0.15) is 5.82 Å². The number of furan rings is 1. The SMILES string of the molecule is Nc1cc(F)cc(NCc2ccoc2)c1. The zero-order valence-electron chi connectivity index (χ0n) is 8.03. The molecule has 15 heavy (non-hydrogen) atoms. The third-order valence-corrected chi connectivity index (χ3v) is 2.00. The molecule has 1 heterocycles. The summed E-state index contributed by atoms with van der Waals surface area (Å²) in [5.74, 6) is -0.343. The van der Waals surface area contributed by atoms with Gasteiger partial charge in [-0.25, -0.2) is 4.39 Å². The second-order valence-electron chi connectivity index (χ2n) is 3.26. The highest BCUT2D eigenvalue weighted by Gasteiger charge is 1.99. The van der Waals surface area contributed by atoms with Crippen LogP contribution in [-0.4, -0.2) is 0 Å². The summed E-state index contributed by atoms with van der Waals surface area (Å²) in [4.78, 5) is 0. The van der Waals surface area contributed by atoms with Crippen LogP contribution in [0.25, 0.3) is 0 Å². The summed E-state index contributed by atoms with van der Waals surface area (Å²) < 4.78 is 17.9. The molecule has 1 aromatic carbocycles. The first-order valence-electron chi connectivity index (χ1n) is 4.55. The number of hydrogen-bond donors (Lipinski definition) is 2. The number of halogens is 1. The standard InChI is InChI=1S/C11H11FN2O/c12-9-3-10(13)5-11(4-9)14-6-8-1-2-15-7-8/h1-5,7,14H,6,13H2. The quantitative estimate of drug-likeness (QED) is 0.759.